The molecule has 1 N–H and O–H groups in total. The Labute approximate surface area is 150 Å². The quantitative estimate of drug-likeness (QED) is 0.642. The van der Waals surface area contributed by atoms with Crippen LogP contribution in [0.15, 0.2) is 64.9 Å². The molecular weight excluding hydrogens is 314 g/mol. The van der Waals surface area contributed by atoms with E-state index in [0.717, 1.165) is 28.1 Å². The Morgan fingerprint density at radius 3 is 2.12 bits per heavy atom. The lowest BCUT2D eigenvalue weighted by atomic mass is 10.0. The van der Waals surface area contributed by atoms with Gasteiger partial charge in [-0.1, -0.05) is 64.9 Å². The molecule has 0 aliphatic carbocycles. The zero-order valence-electron chi connectivity index (χ0n) is 15.6. The van der Waals surface area contributed by atoms with Crippen molar-refractivity contribution in [1.82, 2.24) is 5.32 Å². The summed E-state index contributed by atoms with van der Waals surface area (Å²) in [5, 5.41) is 10.9. The van der Waals surface area contributed by atoms with Crippen LogP contribution in [0.5, 0.6) is 0 Å². The maximum Gasteiger partial charge on any atom is 0.142 e. The summed E-state index contributed by atoms with van der Waals surface area (Å²) in [5.74, 6) is 0. The lowest BCUT2D eigenvalue weighted by Gasteiger charge is -2.08. The van der Waals surface area contributed by atoms with Gasteiger partial charge in [-0.05, 0) is 33.5 Å². The molecule has 0 unspecified atom stereocenters. The van der Waals surface area contributed by atoms with Crippen LogP contribution in [-0.4, -0.2) is 32.6 Å². The number of rotatable bonds is 6. The molecule has 0 aromatic heterocycles. The highest BCUT2D eigenvalue weighted by Gasteiger charge is 2.06. The second-order valence-corrected chi connectivity index (χ2v) is 5.33. The first kappa shape index (κ1) is 20.4. The fourth-order valence-corrected chi connectivity index (χ4v) is 2.12. The van der Waals surface area contributed by atoms with E-state index < -0.39 is 0 Å². The third kappa shape index (κ3) is 7.18. The van der Waals surface area contributed by atoms with Crippen LogP contribution in [0.2, 0.25) is 0 Å². The monoisotopic (exact) mass is 341 g/mol. The molecule has 0 spiro atoms. The molecule has 0 aliphatic heterocycles. The van der Waals surface area contributed by atoms with Crippen LogP contribution in [0, 0.1) is 0 Å². The Bertz CT molecular complexity index is 682. The molecule has 0 saturated heterocycles. The van der Waals surface area contributed by atoms with Gasteiger partial charge in [0.2, 0.25) is 0 Å². The van der Waals surface area contributed by atoms with Crippen molar-refractivity contribution >= 4 is 11.4 Å². The first-order chi connectivity index (χ1) is 12.1. The highest BCUT2D eigenvalue weighted by molar-refractivity contribution is 5.99. The van der Waals surface area contributed by atoms with Gasteiger partial charge in [0.15, 0.2) is 0 Å². The van der Waals surface area contributed by atoms with Crippen LogP contribution in [-0.2, 0) is 16.3 Å². The minimum absolute atomic E-state index is 0.386. The van der Waals surface area contributed by atoms with Crippen molar-refractivity contribution in [2.45, 2.75) is 20.5 Å². The molecule has 5 heteroatoms. The van der Waals surface area contributed by atoms with Gasteiger partial charge >= 0.3 is 0 Å². The second kappa shape index (κ2) is 11.8. The van der Waals surface area contributed by atoms with E-state index in [1.807, 2.05) is 82.5 Å². The predicted octanol–water partition coefficient (Wildman–Crippen LogP) is 3.83. The summed E-state index contributed by atoms with van der Waals surface area (Å²) in [4.78, 5) is 10.3. The minimum atomic E-state index is 0.386. The normalized spacial score (nSPS) is 11.4. The van der Waals surface area contributed by atoms with E-state index in [4.69, 9.17) is 9.68 Å². The van der Waals surface area contributed by atoms with E-state index in [1.165, 1.54) is 7.11 Å². The molecule has 2 rings (SSSR count). The smallest absolute Gasteiger partial charge is 0.142 e. The topological polar surface area (TPSA) is 55.2 Å². The Morgan fingerprint density at radius 1 is 0.880 bits per heavy atom. The van der Waals surface area contributed by atoms with Crippen LogP contribution in [0.4, 0.5) is 0 Å². The molecule has 0 atom stereocenters. The maximum absolute atomic E-state index is 5.50. The minimum Gasteiger partial charge on any atom is -0.399 e. The van der Waals surface area contributed by atoms with Gasteiger partial charge in [-0.25, -0.2) is 0 Å². The summed E-state index contributed by atoms with van der Waals surface area (Å²) in [6.07, 6.45) is 0. The molecule has 2 aromatic carbocycles. The Balaban J connectivity index is 0.000000970. The zero-order chi connectivity index (χ0) is 18.5. The molecule has 134 valence electrons. The zero-order valence-corrected chi connectivity index (χ0v) is 15.6. The van der Waals surface area contributed by atoms with Crippen molar-refractivity contribution in [2.24, 2.45) is 10.3 Å². The van der Waals surface area contributed by atoms with E-state index in [2.05, 4.69) is 15.6 Å². The average molecular weight is 341 g/mol. The van der Waals surface area contributed by atoms with Gasteiger partial charge in [0.05, 0.1) is 11.4 Å². The summed E-state index contributed by atoms with van der Waals surface area (Å²) in [6, 6.07) is 17.9. The Morgan fingerprint density at radius 2 is 1.48 bits per heavy atom. The molecule has 0 saturated carbocycles. The van der Waals surface area contributed by atoms with Gasteiger partial charge < -0.3 is 15.0 Å². The first-order valence-corrected chi connectivity index (χ1v) is 8.10. The van der Waals surface area contributed by atoms with Crippen LogP contribution in [0.3, 0.4) is 0 Å². The number of benzene rings is 2. The van der Waals surface area contributed by atoms with Gasteiger partial charge in [-0.2, -0.15) is 0 Å². The van der Waals surface area contributed by atoms with E-state index in [9.17, 15) is 0 Å². The van der Waals surface area contributed by atoms with Gasteiger partial charge in [0.1, 0.15) is 13.7 Å². The van der Waals surface area contributed by atoms with Crippen molar-refractivity contribution in [3.63, 3.8) is 0 Å². The molecular formula is C20H27N3O2. The van der Waals surface area contributed by atoms with Crippen LogP contribution in [0.25, 0.3) is 0 Å². The van der Waals surface area contributed by atoms with Crippen molar-refractivity contribution in [1.29, 1.82) is 0 Å². The first-order valence-electron chi connectivity index (χ1n) is 8.10. The maximum atomic E-state index is 5.50. The molecule has 0 heterocycles. The van der Waals surface area contributed by atoms with Crippen molar-refractivity contribution in [3.05, 3.63) is 71.3 Å². The lowest BCUT2D eigenvalue weighted by molar-refractivity contribution is 0.130. The molecule has 0 fully saturated rings. The Kier molecular flexibility index (Phi) is 9.63. The number of oxime groups is 2. The molecule has 2 aromatic rings. The molecule has 0 bridgehead atoms. The van der Waals surface area contributed by atoms with E-state index in [1.54, 1.807) is 0 Å². The number of nitrogens with one attached hydrogen (secondary N) is 1. The largest absolute Gasteiger partial charge is 0.399 e. The van der Waals surface area contributed by atoms with E-state index >= 15 is 0 Å². The number of nitrogens with zero attached hydrogens (tertiary/aromatic N) is 2. The van der Waals surface area contributed by atoms with Gasteiger partial charge in [-0.15, -0.1) is 0 Å². The van der Waals surface area contributed by atoms with Crippen molar-refractivity contribution < 1.29 is 9.68 Å². The standard InChI is InChI=1S/C18H20N2O2.C2H7N/c1-14(16-9-5-4-6-10-16)20-22-13-17-11-7-8-12-18(17)15(2)19-21-3;1-3-2/h4-12H,13H2,1-3H3;3H,1-2H3/b19-15-,20-14+;. The molecule has 25 heavy (non-hydrogen) atoms. The summed E-state index contributed by atoms with van der Waals surface area (Å²) in [7, 11) is 5.29. The Hall–Kier alpha value is -2.66. The van der Waals surface area contributed by atoms with E-state index in [0.29, 0.717) is 6.61 Å². The molecule has 0 amide bonds. The third-order valence-electron chi connectivity index (χ3n) is 3.25. The highest BCUT2D eigenvalue weighted by atomic mass is 16.6. The lowest BCUT2D eigenvalue weighted by Crippen LogP contribution is -2.03. The van der Waals surface area contributed by atoms with Crippen molar-refractivity contribution in [3.8, 4) is 0 Å². The van der Waals surface area contributed by atoms with E-state index in [-0.39, 0.29) is 0 Å². The molecule has 0 aliphatic rings. The summed E-state index contributed by atoms with van der Waals surface area (Å²) in [6.45, 7) is 4.22. The second-order valence-electron chi connectivity index (χ2n) is 5.33. The summed E-state index contributed by atoms with van der Waals surface area (Å²) >= 11 is 0. The number of hydrogen-bond acceptors (Lipinski definition) is 5. The predicted molar refractivity (Wildman–Crippen MR) is 104 cm³/mol. The van der Waals surface area contributed by atoms with Gasteiger partial charge in [0.25, 0.3) is 0 Å². The molecule has 5 nitrogen and oxygen atoms in total. The molecule has 0 radical (unpaired) electrons. The average Bonchev–Trinajstić information content (AvgIpc) is 2.63. The van der Waals surface area contributed by atoms with Gasteiger partial charge in [0, 0.05) is 11.1 Å². The highest BCUT2D eigenvalue weighted by Crippen LogP contribution is 2.12. The van der Waals surface area contributed by atoms with Crippen LogP contribution in [0.1, 0.15) is 30.5 Å². The fourth-order valence-electron chi connectivity index (χ4n) is 2.12. The fraction of sp³-hybridized carbons (Fsp3) is 0.300. The van der Waals surface area contributed by atoms with Gasteiger partial charge in [-0.3, -0.25) is 0 Å². The SMILES string of the molecule is CNC.CO/N=C(/C)c1ccccc1CO/N=C(\C)c1ccccc1. The van der Waals surface area contributed by atoms with Crippen molar-refractivity contribution in [2.75, 3.05) is 21.2 Å². The number of hydrogen-bond donors (Lipinski definition) is 1. The van der Waals surface area contributed by atoms with Crippen LogP contribution < -0.4 is 5.32 Å². The summed E-state index contributed by atoms with van der Waals surface area (Å²) < 4.78 is 0. The summed E-state index contributed by atoms with van der Waals surface area (Å²) in [5.41, 5.74) is 4.72. The van der Waals surface area contributed by atoms with Crippen LogP contribution >= 0.6 is 0 Å². The third-order valence-corrected chi connectivity index (χ3v) is 3.25.